The minimum atomic E-state index is -0.768. The van der Waals surface area contributed by atoms with Crippen LogP contribution >= 0.6 is 0 Å². The van der Waals surface area contributed by atoms with E-state index in [1.165, 1.54) is 0 Å². The Morgan fingerprint density at radius 2 is 1.85 bits per heavy atom. The molecule has 174 valence electrons. The average Bonchev–Trinajstić information content (AvgIpc) is 3.25. The molecule has 0 saturated carbocycles. The van der Waals surface area contributed by atoms with Crippen LogP contribution in [0.4, 0.5) is 0 Å². The van der Waals surface area contributed by atoms with E-state index in [0.717, 1.165) is 46.7 Å². The van der Waals surface area contributed by atoms with Crippen molar-refractivity contribution in [2.45, 2.75) is 40.0 Å². The van der Waals surface area contributed by atoms with Crippen molar-refractivity contribution in [2.75, 3.05) is 13.1 Å². The van der Waals surface area contributed by atoms with Gasteiger partial charge in [-0.15, -0.1) is 0 Å². The van der Waals surface area contributed by atoms with Gasteiger partial charge in [0, 0.05) is 0 Å². The second-order valence-corrected chi connectivity index (χ2v) is 12.3. The zero-order valence-corrected chi connectivity index (χ0v) is 21.8. The number of hydrogen-bond acceptors (Lipinski definition) is 5. The molecular formula is C26H28AsN5O2. The molecule has 3 heterocycles. The number of amides is 1. The fourth-order valence-electron chi connectivity index (χ4n) is 3.92. The van der Waals surface area contributed by atoms with Crippen molar-refractivity contribution in [2.24, 2.45) is 5.41 Å². The second-order valence-electron chi connectivity index (χ2n) is 9.50. The molecule has 1 fully saturated rings. The van der Waals surface area contributed by atoms with Gasteiger partial charge in [0.15, 0.2) is 0 Å². The van der Waals surface area contributed by atoms with Crippen LogP contribution in [0.1, 0.15) is 56.0 Å². The number of carbonyl (C=O) groups excluding carboxylic acids is 2. The molecule has 1 unspecified atom stereocenters. The van der Waals surface area contributed by atoms with Gasteiger partial charge in [0.05, 0.1) is 0 Å². The Labute approximate surface area is 206 Å². The standard InChI is InChI=1S/C26H28AsN5O2/c1-26(2,3)23(33)20-15-29-24-22(20)31-21(16-30-24)27-19-9-7-17(8-10-19)13-18(14-28)25(34)32-11-5-4-6-12-32/h7-10,13,15-16,27H,4-6,11-12H2,1-3H3,(H,29,30). The van der Waals surface area contributed by atoms with Gasteiger partial charge in [0.1, 0.15) is 0 Å². The predicted molar refractivity (Wildman–Crippen MR) is 135 cm³/mol. The van der Waals surface area contributed by atoms with Crippen molar-refractivity contribution in [3.8, 4) is 6.07 Å². The number of ketones is 1. The zero-order valence-electron chi connectivity index (χ0n) is 19.7. The number of hydrogen-bond donors (Lipinski definition) is 1. The first-order valence-corrected chi connectivity index (χ1v) is 13.5. The molecule has 1 aromatic carbocycles. The van der Waals surface area contributed by atoms with E-state index in [1.807, 2.05) is 45.0 Å². The Kier molecular flexibility index (Phi) is 7.00. The van der Waals surface area contributed by atoms with Crippen LogP contribution in [0.25, 0.3) is 17.2 Å². The summed E-state index contributed by atoms with van der Waals surface area (Å²) in [6.45, 7) is 7.13. The number of aromatic nitrogens is 3. The Bertz CT molecular complexity index is 1290. The number of Topliss-reactive ketones (excluding diaryl/α,β-unsaturated/α-hetero) is 1. The van der Waals surface area contributed by atoms with Crippen LogP contribution in [-0.4, -0.2) is 60.4 Å². The van der Waals surface area contributed by atoms with Crippen LogP contribution in [0, 0.1) is 16.7 Å². The molecule has 2 aromatic heterocycles. The number of benzene rings is 1. The first kappa shape index (κ1) is 23.9. The van der Waals surface area contributed by atoms with Gasteiger partial charge < -0.3 is 0 Å². The molecule has 3 aromatic rings. The van der Waals surface area contributed by atoms with Crippen LogP contribution in [0.5, 0.6) is 0 Å². The minimum absolute atomic E-state index is 0.0359. The van der Waals surface area contributed by atoms with Crippen molar-refractivity contribution >= 4 is 53.5 Å². The number of nitriles is 1. The number of likely N-dealkylation sites (tertiary alicyclic amines) is 1. The summed E-state index contributed by atoms with van der Waals surface area (Å²) in [4.78, 5) is 39.5. The number of fused-ring (bicyclic) bond motifs is 1. The van der Waals surface area contributed by atoms with Crippen LogP contribution in [0.2, 0.25) is 0 Å². The molecule has 34 heavy (non-hydrogen) atoms. The summed E-state index contributed by atoms with van der Waals surface area (Å²) in [5, 5.41) is 9.52. The SMILES string of the molecule is CC(C)(C)C(=O)c1c[nH]c2ncc([AsH]c3ccc(C=C(C#N)C(=O)N4CCCCC4)cc3)nc12. The molecular weight excluding hydrogens is 489 g/mol. The second kappa shape index (κ2) is 9.95. The number of piperidine rings is 1. The van der Waals surface area contributed by atoms with Gasteiger partial charge in [-0.3, -0.25) is 0 Å². The van der Waals surface area contributed by atoms with Gasteiger partial charge in [-0.25, -0.2) is 0 Å². The molecule has 7 nitrogen and oxygen atoms in total. The summed E-state index contributed by atoms with van der Waals surface area (Å²) in [7, 11) is 0. The fraction of sp³-hybridized carbons (Fsp3) is 0.346. The third kappa shape index (κ3) is 5.29. The fourth-order valence-corrected chi connectivity index (χ4v) is 5.86. The van der Waals surface area contributed by atoms with Gasteiger partial charge in [-0.2, -0.15) is 0 Å². The summed E-state index contributed by atoms with van der Waals surface area (Å²) in [6.07, 6.45) is 8.25. The van der Waals surface area contributed by atoms with E-state index in [4.69, 9.17) is 4.98 Å². The van der Waals surface area contributed by atoms with Gasteiger partial charge in [-0.1, -0.05) is 0 Å². The molecule has 1 saturated heterocycles. The van der Waals surface area contributed by atoms with E-state index in [1.54, 1.807) is 23.4 Å². The van der Waals surface area contributed by atoms with Crippen LogP contribution < -0.4 is 8.83 Å². The number of aromatic amines is 1. The van der Waals surface area contributed by atoms with Crippen molar-refractivity contribution in [1.29, 1.82) is 5.26 Å². The van der Waals surface area contributed by atoms with Crippen LogP contribution in [0.15, 0.2) is 42.2 Å². The maximum atomic E-state index is 12.8. The first-order chi connectivity index (χ1) is 16.3. The molecule has 1 N–H and O–H groups in total. The Morgan fingerprint density at radius 1 is 1.15 bits per heavy atom. The van der Waals surface area contributed by atoms with Gasteiger partial charge in [0.2, 0.25) is 0 Å². The molecule has 4 rings (SSSR count). The molecule has 1 aliphatic heterocycles. The van der Waals surface area contributed by atoms with Crippen molar-refractivity contribution in [3.05, 3.63) is 53.4 Å². The Balaban J connectivity index is 1.51. The zero-order chi connectivity index (χ0) is 24.3. The monoisotopic (exact) mass is 517 g/mol. The normalized spacial score (nSPS) is 15.1. The molecule has 0 spiro atoms. The van der Waals surface area contributed by atoms with Crippen molar-refractivity contribution in [1.82, 2.24) is 19.9 Å². The van der Waals surface area contributed by atoms with Gasteiger partial charge in [-0.05, 0) is 0 Å². The van der Waals surface area contributed by atoms with E-state index in [2.05, 4.69) is 16.0 Å². The van der Waals surface area contributed by atoms with E-state index >= 15 is 0 Å². The van der Waals surface area contributed by atoms with E-state index < -0.39 is 21.2 Å². The Morgan fingerprint density at radius 3 is 2.50 bits per heavy atom. The summed E-state index contributed by atoms with van der Waals surface area (Å²) < 4.78 is 2.03. The third-order valence-electron chi connectivity index (χ3n) is 5.79. The van der Waals surface area contributed by atoms with Crippen molar-refractivity contribution < 1.29 is 9.59 Å². The third-order valence-corrected chi connectivity index (χ3v) is 8.14. The average molecular weight is 517 g/mol. The van der Waals surface area contributed by atoms with Crippen LogP contribution in [0.3, 0.4) is 0 Å². The first-order valence-electron chi connectivity index (χ1n) is 11.4. The van der Waals surface area contributed by atoms with Gasteiger partial charge in [0.25, 0.3) is 0 Å². The number of carbonyl (C=O) groups is 2. The number of nitrogens with one attached hydrogen (secondary N) is 1. The molecule has 8 heteroatoms. The maximum absolute atomic E-state index is 12.8. The Hall–Kier alpha value is -3.23. The molecule has 0 bridgehead atoms. The molecule has 0 aliphatic carbocycles. The molecule has 1 amide bonds. The number of rotatable bonds is 5. The van der Waals surface area contributed by atoms with E-state index in [9.17, 15) is 14.9 Å². The summed E-state index contributed by atoms with van der Waals surface area (Å²) in [6, 6.07) is 9.95. The van der Waals surface area contributed by atoms with Crippen molar-refractivity contribution in [3.63, 3.8) is 0 Å². The summed E-state index contributed by atoms with van der Waals surface area (Å²) >= 11 is -0.768. The summed E-state index contributed by atoms with van der Waals surface area (Å²) in [5.74, 6) is -0.149. The predicted octanol–water partition coefficient (Wildman–Crippen LogP) is 2.49. The molecule has 1 atom stereocenters. The quantitative estimate of drug-likeness (QED) is 0.243. The molecule has 0 radical (unpaired) electrons. The van der Waals surface area contributed by atoms with Crippen LogP contribution in [-0.2, 0) is 4.79 Å². The topological polar surface area (TPSA) is 103 Å². The molecule has 1 aliphatic rings. The number of nitrogens with zero attached hydrogens (tertiary/aromatic N) is 4. The van der Waals surface area contributed by atoms with E-state index in [0.29, 0.717) is 16.7 Å². The van der Waals surface area contributed by atoms with E-state index in [-0.39, 0.29) is 17.3 Å². The van der Waals surface area contributed by atoms with Gasteiger partial charge >= 0.3 is 206 Å². The summed E-state index contributed by atoms with van der Waals surface area (Å²) in [5.41, 5.74) is 2.31. The number of H-pyrrole nitrogens is 1.